The molecule has 1 aromatic heterocycles. The van der Waals surface area contributed by atoms with E-state index in [9.17, 15) is 0 Å². The zero-order chi connectivity index (χ0) is 8.55. The summed E-state index contributed by atoms with van der Waals surface area (Å²) in [5.74, 6) is 0.740. The summed E-state index contributed by atoms with van der Waals surface area (Å²) >= 11 is 5.46. The summed E-state index contributed by atoms with van der Waals surface area (Å²) < 4.78 is 1.33. The molecule has 0 aromatic carbocycles. The van der Waals surface area contributed by atoms with Crippen molar-refractivity contribution in [2.24, 2.45) is 0 Å². The van der Waals surface area contributed by atoms with Crippen LogP contribution in [0, 0.1) is 6.92 Å². The Hall–Kier alpha value is 0.140. The van der Waals surface area contributed by atoms with Gasteiger partial charge in [0.15, 0.2) is 0 Å². The fourth-order valence-corrected chi connectivity index (χ4v) is 3.72. The van der Waals surface area contributed by atoms with Crippen LogP contribution in [0.15, 0.2) is 9.85 Å². The molecule has 12 heavy (non-hydrogen) atoms. The van der Waals surface area contributed by atoms with Crippen molar-refractivity contribution in [2.75, 3.05) is 13.1 Å². The molecule has 0 saturated carbocycles. The van der Waals surface area contributed by atoms with Crippen LogP contribution in [0.4, 0.5) is 0 Å². The Labute approximate surface area is 85.3 Å². The van der Waals surface area contributed by atoms with Gasteiger partial charge in [-0.25, -0.2) is 0 Å². The molecule has 1 saturated heterocycles. The van der Waals surface area contributed by atoms with E-state index in [1.807, 2.05) is 11.3 Å². The van der Waals surface area contributed by atoms with Gasteiger partial charge in [-0.1, -0.05) is 0 Å². The van der Waals surface area contributed by atoms with Crippen molar-refractivity contribution < 1.29 is 0 Å². The van der Waals surface area contributed by atoms with Gasteiger partial charge in [-0.05, 0) is 53.4 Å². The van der Waals surface area contributed by atoms with E-state index >= 15 is 0 Å². The lowest BCUT2D eigenvalue weighted by atomic mass is 10.0. The van der Waals surface area contributed by atoms with E-state index < -0.39 is 0 Å². The molecule has 1 aromatic rings. The lowest BCUT2D eigenvalue weighted by Gasteiger charge is -2.05. The van der Waals surface area contributed by atoms with Crippen molar-refractivity contribution in [1.29, 1.82) is 0 Å². The summed E-state index contributed by atoms with van der Waals surface area (Å²) in [4.78, 5) is 1.41. The highest BCUT2D eigenvalue weighted by Crippen LogP contribution is 2.35. The topological polar surface area (TPSA) is 12.0 Å². The quantitative estimate of drug-likeness (QED) is 0.803. The Balaban J connectivity index is 2.25. The first-order valence-corrected chi connectivity index (χ1v) is 5.85. The molecule has 1 N–H and O–H groups in total. The number of hydrogen-bond acceptors (Lipinski definition) is 2. The second-order valence-corrected chi connectivity index (χ2v) is 5.85. The van der Waals surface area contributed by atoms with Crippen molar-refractivity contribution >= 4 is 27.3 Å². The lowest BCUT2D eigenvalue weighted by Crippen LogP contribution is -2.07. The third-order valence-corrected chi connectivity index (χ3v) is 4.13. The van der Waals surface area contributed by atoms with Crippen molar-refractivity contribution in [1.82, 2.24) is 5.32 Å². The van der Waals surface area contributed by atoms with Gasteiger partial charge in [0.2, 0.25) is 0 Å². The van der Waals surface area contributed by atoms with Gasteiger partial charge < -0.3 is 5.32 Å². The molecule has 1 fully saturated rings. The number of halogens is 1. The molecule has 1 aliphatic heterocycles. The fraction of sp³-hybridized carbons (Fsp3) is 0.556. The minimum absolute atomic E-state index is 0.740. The lowest BCUT2D eigenvalue weighted by molar-refractivity contribution is 0.763. The Morgan fingerprint density at radius 2 is 2.50 bits per heavy atom. The summed E-state index contributed by atoms with van der Waals surface area (Å²) in [6.45, 7) is 4.49. The molecule has 1 atom stereocenters. The van der Waals surface area contributed by atoms with Crippen LogP contribution in [0.2, 0.25) is 0 Å². The predicted octanol–water partition coefficient (Wildman–Crippen LogP) is 2.90. The summed E-state index contributed by atoms with van der Waals surface area (Å²) in [5.41, 5.74) is 1.50. The van der Waals surface area contributed by atoms with Crippen LogP contribution in [0.3, 0.4) is 0 Å². The first-order valence-electron chi connectivity index (χ1n) is 4.24. The zero-order valence-electron chi connectivity index (χ0n) is 7.06. The Bertz CT molecular complexity index is 276. The van der Waals surface area contributed by atoms with E-state index in [1.54, 1.807) is 0 Å². The highest BCUT2D eigenvalue weighted by atomic mass is 79.9. The van der Waals surface area contributed by atoms with Crippen LogP contribution in [0.5, 0.6) is 0 Å². The third-order valence-electron chi connectivity index (χ3n) is 2.34. The molecule has 3 heteroatoms. The van der Waals surface area contributed by atoms with Gasteiger partial charge in [0.1, 0.15) is 0 Å². The molecule has 0 radical (unpaired) electrons. The van der Waals surface area contributed by atoms with Crippen LogP contribution < -0.4 is 5.32 Å². The van der Waals surface area contributed by atoms with Gasteiger partial charge in [-0.3, -0.25) is 0 Å². The van der Waals surface area contributed by atoms with Crippen molar-refractivity contribution in [2.45, 2.75) is 19.3 Å². The van der Waals surface area contributed by atoms with Crippen LogP contribution in [0.25, 0.3) is 0 Å². The van der Waals surface area contributed by atoms with Gasteiger partial charge in [-0.2, -0.15) is 0 Å². The van der Waals surface area contributed by atoms with Gasteiger partial charge in [0.05, 0.1) is 3.79 Å². The fourth-order valence-electron chi connectivity index (χ4n) is 1.70. The molecule has 1 unspecified atom stereocenters. The molecular formula is C9H12BrNS. The molecular weight excluding hydrogens is 234 g/mol. The molecule has 1 nitrogen and oxygen atoms in total. The van der Waals surface area contributed by atoms with Crippen molar-refractivity contribution in [3.8, 4) is 0 Å². The van der Waals surface area contributed by atoms with Crippen molar-refractivity contribution in [3.63, 3.8) is 0 Å². The third kappa shape index (κ3) is 1.58. The predicted molar refractivity (Wildman–Crippen MR) is 57.0 cm³/mol. The number of hydrogen-bond donors (Lipinski definition) is 1. The molecule has 0 amide bonds. The maximum atomic E-state index is 3.62. The Morgan fingerprint density at radius 1 is 1.67 bits per heavy atom. The second kappa shape index (κ2) is 3.48. The number of aryl methyl sites for hydroxylation is 1. The summed E-state index contributed by atoms with van der Waals surface area (Å²) in [6.07, 6.45) is 1.29. The average Bonchev–Trinajstić information content (AvgIpc) is 2.58. The van der Waals surface area contributed by atoms with E-state index in [4.69, 9.17) is 0 Å². The standard InChI is InChI=1S/C9H12BrNS/c1-6-4-8(9(10)12-6)7-2-3-11-5-7/h4,7,11H,2-3,5H2,1H3. The Morgan fingerprint density at radius 3 is 3.00 bits per heavy atom. The molecule has 2 rings (SSSR count). The monoisotopic (exact) mass is 245 g/mol. The maximum absolute atomic E-state index is 3.62. The van der Waals surface area contributed by atoms with Gasteiger partial charge in [0.25, 0.3) is 0 Å². The molecule has 0 bridgehead atoms. The van der Waals surface area contributed by atoms with Crippen LogP contribution in [-0.4, -0.2) is 13.1 Å². The first-order chi connectivity index (χ1) is 5.77. The molecule has 0 aliphatic carbocycles. The summed E-state index contributed by atoms with van der Waals surface area (Å²) in [7, 11) is 0. The number of nitrogens with one attached hydrogen (secondary N) is 1. The highest BCUT2D eigenvalue weighted by Gasteiger charge is 2.20. The maximum Gasteiger partial charge on any atom is 0.0736 e. The number of thiophene rings is 1. The van der Waals surface area contributed by atoms with Crippen molar-refractivity contribution in [3.05, 3.63) is 20.3 Å². The van der Waals surface area contributed by atoms with E-state index in [0.717, 1.165) is 12.5 Å². The number of rotatable bonds is 1. The summed E-state index contributed by atoms with van der Waals surface area (Å²) in [6, 6.07) is 2.31. The molecule has 1 aliphatic rings. The van der Waals surface area contributed by atoms with Crippen LogP contribution >= 0.6 is 27.3 Å². The minimum atomic E-state index is 0.740. The smallest absolute Gasteiger partial charge is 0.0736 e. The summed E-state index contributed by atoms with van der Waals surface area (Å²) in [5, 5.41) is 3.39. The van der Waals surface area contributed by atoms with Crippen LogP contribution in [-0.2, 0) is 0 Å². The van der Waals surface area contributed by atoms with E-state index in [0.29, 0.717) is 0 Å². The normalized spacial score (nSPS) is 23.3. The van der Waals surface area contributed by atoms with Gasteiger partial charge >= 0.3 is 0 Å². The SMILES string of the molecule is Cc1cc(C2CCNC2)c(Br)s1. The molecule has 0 spiro atoms. The second-order valence-electron chi connectivity index (χ2n) is 3.28. The van der Waals surface area contributed by atoms with Gasteiger partial charge in [0, 0.05) is 11.4 Å². The zero-order valence-corrected chi connectivity index (χ0v) is 9.46. The largest absolute Gasteiger partial charge is 0.316 e. The van der Waals surface area contributed by atoms with E-state index in [1.165, 1.54) is 27.2 Å². The highest BCUT2D eigenvalue weighted by molar-refractivity contribution is 9.11. The average molecular weight is 246 g/mol. The molecule has 2 heterocycles. The van der Waals surface area contributed by atoms with E-state index in [2.05, 4.69) is 34.2 Å². The minimum Gasteiger partial charge on any atom is -0.316 e. The van der Waals surface area contributed by atoms with Crippen LogP contribution in [0.1, 0.15) is 22.8 Å². The van der Waals surface area contributed by atoms with Gasteiger partial charge in [-0.15, -0.1) is 11.3 Å². The first kappa shape index (κ1) is 8.73. The molecule has 66 valence electrons. The Kier molecular flexibility index (Phi) is 2.53. The van der Waals surface area contributed by atoms with E-state index in [-0.39, 0.29) is 0 Å².